The Labute approximate surface area is 115 Å². The number of benzene rings is 1. The summed E-state index contributed by atoms with van der Waals surface area (Å²) in [5, 5.41) is 0. The summed E-state index contributed by atoms with van der Waals surface area (Å²) in [6, 6.07) is 3.72. The SMILES string of the molecule is COc1c(F)cc(C2CC(CN)CN2C)cc1Br. The summed E-state index contributed by atoms with van der Waals surface area (Å²) in [4.78, 5) is 2.23. The average Bonchev–Trinajstić information content (AvgIpc) is 2.70. The molecule has 0 aliphatic carbocycles. The minimum atomic E-state index is -0.327. The van der Waals surface area contributed by atoms with Gasteiger partial charge in [-0.1, -0.05) is 0 Å². The highest BCUT2D eigenvalue weighted by Crippen LogP contribution is 2.38. The number of nitrogens with zero attached hydrogens (tertiary/aromatic N) is 1. The lowest BCUT2D eigenvalue weighted by Gasteiger charge is -2.20. The van der Waals surface area contributed by atoms with E-state index in [2.05, 4.69) is 27.9 Å². The Kier molecular flexibility index (Phi) is 4.25. The molecule has 2 rings (SSSR count). The highest BCUT2D eigenvalue weighted by Gasteiger charge is 2.30. The van der Waals surface area contributed by atoms with Gasteiger partial charge in [-0.25, -0.2) is 4.39 Å². The number of hydrogen-bond acceptors (Lipinski definition) is 3. The fraction of sp³-hybridized carbons (Fsp3) is 0.538. The van der Waals surface area contributed by atoms with Crippen LogP contribution in [0.2, 0.25) is 0 Å². The molecule has 1 fully saturated rings. The molecule has 2 atom stereocenters. The first-order valence-corrected chi connectivity index (χ1v) is 6.79. The fourth-order valence-corrected chi connectivity index (χ4v) is 3.25. The van der Waals surface area contributed by atoms with E-state index in [0.717, 1.165) is 18.5 Å². The quantitative estimate of drug-likeness (QED) is 0.931. The predicted molar refractivity (Wildman–Crippen MR) is 73.2 cm³/mol. The van der Waals surface area contributed by atoms with Crippen molar-refractivity contribution in [2.45, 2.75) is 12.5 Å². The lowest BCUT2D eigenvalue weighted by molar-refractivity contribution is 0.312. The van der Waals surface area contributed by atoms with Gasteiger partial charge in [-0.05, 0) is 59.6 Å². The molecule has 100 valence electrons. The summed E-state index contributed by atoms with van der Waals surface area (Å²) in [5.41, 5.74) is 6.68. The molecule has 0 radical (unpaired) electrons. The second-order valence-corrected chi connectivity index (χ2v) is 5.66. The van der Waals surface area contributed by atoms with Crippen LogP contribution in [0.15, 0.2) is 16.6 Å². The summed E-state index contributed by atoms with van der Waals surface area (Å²) < 4.78 is 19.5. The molecule has 1 aliphatic rings. The first-order chi connectivity index (χ1) is 8.56. The number of methoxy groups -OCH3 is 1. The van der Waals surface area contributed by atoms with Crippen LogP contribution in [-0.2, 0) is 0 Å². The normalized spacial score (nSPS) is 24.5. The van der Waals surface area contributed by atoms with Gasteiger partial charge in [-0.2, -0.15) is 0 Å². The summed E-state index contributed by atoms with van der Waals surface area (Å²) >= 11 is 3.35. The number of likely N-dealkylation sites (tertiary alicyclic amines) is 1. The van der Waals surface area contributed by atoms with E-state index in [1.54, 1.807) is 6.07 Å². The third-order valence-corrected chi connectivity index (χ3v) is 4.17. The van der Waals surface area contributed by atoms with Crippen molar-refractivity contribution >= 4 is 15.9 Å². The van der Waals surface area contributed by atoms with Gasteiger partial charge in [0.05, 0.1) is 11.6 Å². The Bertz CT molecular complexity index is 418. The summed E-state index contributed by atoms with van der Waals surface area (Å²) in [6.07, 6.45) is 0.977. The maximum atomic E-state index is 13.9. The van der Waals surface area contributed by atoms with Crippen LogP contribution in [0.1, 0.15) is 18.0 Å². The molecule has 18 heavy (non-hydrogen) atoms. The van der Waals surface area contributed by atoms with Crippen LogP contribution < -0.4 is 10.5 Å². The van der Waals surface area contributed by atoms with E-state index in [-0.39, 0.29) is 17.6 Å². The minimum Gasteiger partial charge on any atom is -0.492 e. The van der Waals surface area contributed by atoms with Gasteiger partial charge in [-0.15, -0.1) is 0 Å². The van der Waals surface area contributed by atoms with Gasteiger partial charge in [0.25, 0.3) is 0 Å². The highest BCUT2D eigenvalue weighted by atomic mass is 79.9. The summed E-state index contributed by atoms with van der Waals surface area (Å²) in [6.45, 7) is 1.65. The van der Waals surface area contributed by atoms with Crippen molar-refractivity contribution in [2.24, 2.45) is 11.7 Å². The number of hydrogen-bond donors (Lipinski definition) is 1. The van der Waals surface area contributed by atoms with Gasteiger partial charge in [0.2, 0.25) is 0 Å². The molecular formula is C13H18BrFN2O. The zero-order valence-corrected chi connectivity index (χ0v) is 12.2. The van der Waals surface area contributed by atoms with Crippen molar-refractivity contribution < 1.29 is 9.13 Å². The van der Waals surface area contributed by atoms with E-state index in [0.29, 0.717) is 16.9 Å². The van der Waals surface area contributed by atoms with Crippen LogP contribution in [0.25, 0.3) is 0 Å². The number of ether oxygens (including phenoxy) is 1. The smallest absolute Gasteiger partial charge is 0.168 e. The largest absolute Gasteiger partial charge is 0.492 e. The third kappa shape index (κ3) is 2.53. The van der Waals surface area contributed by atoms with Crippen molar-refractivity contribution in [3.8, 4) is 5.75 Å². The molecule has 5 heteroatoms. The van der Waals surface area contributed by atoms with Gasteiger partial charge >= 0.3 is 0 Å². The second-order valence-electron chi connectivity index (χ2n) is 4.81. The minimum absolute atomic E-state index is 0.232. The van der Waals surface area contributed by atoms with E-state index in [1.807, 2.05) is 6.07 Å². The Balaban J connectivity index is 2.29. The Morgan fingerprint density at radius 3 is 2.78 bits per heavy atom. The Morgan fingerprint density at radius 2 is 2.28 bits per heavy atom. The number of rotatable bonds is 3. The molecule has 3 nitrogen and oxygen atoms in total. The topological polar surface area (TPSA) is 38.5 Å². The second kappa shape index (κ2) is 5.55. The zero-order valence-electron chi connectivity index (χ0n) is 10.6. The molecule has 1 saturated heterocycles. The Morgan fingerprint density at radius 1 is 1.56 bits per heavy atom. The van der Waals surface area contributed by atoms with E-state index in [4.69, 9.17) is 10.5 Å². The molecule has 0 bridgehead atoms. The molecule has 0 aromatic heterocycles. The first-order valence-electron chi connectivity index (χ1n) is 6.00. The molecule has 1 aromatic rings. The molecule has 1 heterocycles. The molecular weight excluding hydrogens is 299 g/mol. The first kappa shape index (κ1) is 13.8. The maximum Gasteiger partial charge on any atom is 0.168 e. The molecule has 2 N–H and O–H groups in total. The van der Waals surface area contributed by atoms with Gasteiger partial charge in [0.1, 0.15) is 0 Å². The van der Waals surface area contributed by atoms with Gasteiger partial charge in [-0.3, -0.25) is 4.90 Å². The van der Waals surface area contributed by atoms with Crippen molar-refractivity contribution in [2.75, 3.05) is 27.2 Å². The predicted octanol–water partition coefficient (Wildman–Crippen LogP) is 2.55. The number of nitrogens with two attached hydrogens (primary N) is 1. The standard InChI is InChI=1S/C13H18BrFN2O/c1-17-7-8(6-16)3-12(17)9-4-10(14)13(18-2)11(15)5-9/h4-5,8,12H,3,6-7,16H2,1-2H3. The molecule has 0 spiro atoms. The van der Waals surface area contributed by atoms with E-state index in [9.17, 15) is 4.39 Å². The van der Waals surface area contributed by atoms with Crippen molar-refractivity contribution in [1.82, 2.24) is 4.90 Å². The lowest BCUT2D eigenvalue weighted by atomic mass is 10.00. The van der Waals surface area contributed by atoms with Crippen molar-refractivity contribution in [3.63, 3.8) is 0 Å². The summed E-state index contributed by atoms with van der Waals surface area (Å²) in [5.74, 6) is 0.421. The van der Waals surface area contributed by atoms with Gasteiger partial charge < -0.3 is 10.5 Å². The molecule has 2 unspecified atom stereocenters. The zero-order chi connectivity index (χ0) is 13.3. The fourth-order valence-electron chi connectivity index (χ4n) is 2.63. The molecule has 1 aliphatic heterocycles. The van der Waals surface area contributed by atoms with Crippen LogP contribution in [0.5, 0.6) is 5.75 Å². The Hall–Kier alpha value is -0.650. The van der Waals surface area contributed by atoms with E-state index >= 15 is 0 Å². The van der Waals surface area contributed by atoms with Crippen LogP contribution in [0, 0.1) is 11.7 Å². The molecule has 1 aromatic carbocycles. The summed E-state index contributed by atoms with van der Waals surface area (Å²) in [7, 11) is 3.52. The van der Waals surface area contributed by atoms with E-state index in [1.165, 1.54) is 7.11 Å². The van der Waals surface area contributed by atoms with Crippen molar-refractivity contribution in [1.29, 1.82) is 0 Å². The monoisotopic (exact) mass is 316 g/mol. The van der Waals surface area contributed by atoms with Crippen molar-refractivity contribution in [3.05, 3.63) is 28.0 Å². The van der Waals surface area contributed by atoms with Gasteiger partial charge in [0.15, 0.2) is 11.6 Å². The number of halogens is 2. The van der Waals surface area contributed by atoms with Gasteiger partial charge in [0, 0.05) is 12.6 Å². The maximum absolute atomic E-state index is 13.9. The van der Waals surface area contributed by atoms with Crippen LogP contribution in [-0.4, -0.2) is 32.1 Å². The van der Waals surface area contributed by atoms with Crippen LogP contribution in [0.4, 0.5) is 4.39 Å². The molecule has 0 saturated carbocycles. The van der Waals surface area contributed by atoms with E-state index < -0.39 is 0 Å². The third-order valence-electron chi connectivity index (χ3n) is 3.58. The average molecular weight is 317 g/mol. The lowest BCUT2D eigenvalue weighted by Crippen LogP contribution is -2.20. The molecule has 0 amide bonds. The van der Waals surface area contributed by atoms with Crippen LogP contribution >= 0.6 is 15.9 Å². The van der Waals surface area contributed by atoms with Crippen LogP contribution in [0.3, 0.4) is 0 Å². The highest BCUT2D eigenvalue weighted by molar-refractivity contribution is 9.10.